The van der Waals surface area contributed by atoms with Crippen LogP contribution in [0.3, 0.4) is 0 Å². The van der Waals surface area contributed by atoms with Crippen molar-refractivity contribution in [2.45, 2.75) is 27.1 Å². The molecule has 2 aromatic carbocycles. The molecule has 0 spiro atoms. The SMILES string of the molecule is Cc1nn(Cc2ccc(Cl)cc2)c(C)c1NC(=O)c1ccn(COc2ccc([N+](=O)[O-])cc2Cl)n1. The zero-order chi connectivity index (χ0) is 25.1. The van der Waals surface area contributed by atoms with Crippen molar-refractivity contribution in [2.75, 3.05) is 5.32 Å². The van der Waals surface area contributed by atoms with E-state index in [1.807, 2.05) is 42.8 Å². The number of aromatic nitrogens is 4. The molecule has 1 N–H and O–H groups in total. The molecule has 180 valence electrons. The number of hydrogen-bond donors (Lipinski definition) is 1. The van der Waals surface area contributed by atoms with E-state index in [2.05, 4.69) is 15.5 Å². The van der Waals surface area contributed by atoms with Crippen molar-refractivity contribution >= 4 is 40.5 Å². The Morgan fingerprint density at radius 1 is 1.11 bits per heavy atom. The van der Waals surface area contributed by atoms with Gasteiger partial charge < -0.3 is 10.1 Å². The normalized spacial score (nSPS) is 10.9. The molecule has 0 unspecified atom stereocenters. The molecule has 1 amide bonds. The Labute approximate surface area is 210 Å². The van der Waals surface area contributed by atoms with Crippen molar-refractivity contribution < 1.29 is 14.5 Å². The van der Waals surface area contributed by atoms with Crippen LogP contribution in [-0.4, -0.2) is 30.4 Å². The van der Waals surface area contributed by atoms with Crippen LogP contribution in [0.5, 0.6) is 5.75 Å². The largest absolute Gasteiger partial charge is 0.470 e. The second kappa shape index (κ2) is 10.2. The van der Waals surface area contributed by atoms with Crippen molar-refractivity contribution in [3.63, 3.8) is 0 Å². The van der Waals surface area contributed by atoms with Crippen LogP contribution in [0.2, 0.25) is 10.0 Å². The summed E-state index contributed by atoms with van der Waals surface area (Å²) >= 11 is 12.0. The van der Waals surface area contributed by atoms with Gasteiger partial charge in [0.15, 0.2) is 12.4 Å². The number of ether oxygens (including phenoxy) is 1. The molecule has 0 aliphatic heterocycles. The van der Waals surface area contributed by atoms with E-state index >= 15 is 0 Å². The lowest BCUT2D eigenvalue weighted by atomic mass is 10.2. The summed E-state index contributed by atoms with van der Waals surface area (Å²) in [7, 11) is 0. The lowest BCUT2D eigenvalue weighted by molar-refractivity contribution is -0.384. The molecule has 4 aromatic rings. The molecule has 12 heteroatoms. The Hall–Kier alpha value is -3.89. The van der Waals surface area contributed by atoms with Crippen LogP contribution in [0, 0.1) is 24.0 Å². The van der Waals surface area contributed by atoms with E-state index in [1.54, 1.807) is 12.3 Å². The molecule has 0 bridgehead atoms. The van der Waals surface area contributed by atoms with Crippen molar-refractivity contribution in [3.05, 3.63) is 97.5 Å². The molecule has 10 nitrogen and oxygen atoms in total. The molecule has 0 fully saturated rings. The van der Waals surface area contributed by atoms with Crippen LogP contribution in [0.4, 0.5) is 11.4 Å². The zero-order valence-electron chi connectivity index (χ0n) is 18.7. The monoisotopic (exact) mass is 514 g/mol. The Balaban J connectivity index is 1.40. The molecule has 0 aliphatic carbocycles. The third-order valence-electron chi connectivity index (χ3n) is 5.22. The van der Waals surface area contributed by atoms with Gasteiger partial charge in [0.25, 0.3) is 11.6 Å². The zero-order valence-corrected chi connectivity index (χ0v) is 20.2. The van der Waals surface area contributed by atoms with E-state index in [-0.39, 0.29) is 28.9 Å². The van der Waals surface area contributed by atoms with Gasteiger partial charge in [-0.15, -0.1) is 0 Å². The second-order valence-corrected chi connectivity index (χ2v) is 8.51. The van der Waals surface area contributed by atoms with Gasteiger partial charge in [-0.2, -0.15) is 10.2 Å². The number of rotatable bonds is 8. The number of benzene rings is 2. The predicted octanol–water partition coefficient (Wildman–Crippen LogP) is 5.25. The minimum atomic E-state index is -0.543. The number of carbonyl (C=O) groups excluding carboxylic acids is 1. The standard InChI is InChI=1S/C23H20Cl2N6O4/c1-14-22(15(2)30(27-14)12-16-3-5-17(24)6-4-16)26-23(32)20-9-10-29(28-20)13-35-21-8-7-18(31(33)34)11-19(21)25/h3-11H,12-13H2,1-2H3,(H,26,32). The van der Waals surface area contributed by atoms with E-state index in [0.29, 0.717) is 22.9 Å². The second-order valence-electron chi connectivity index (χ2n) is 7.67. The molecule has 2 heterocycles. The molecular weight excluding hydrogens is 495 g/mol. The summed E-state index contributed by atoms with van der Waals surface area (Å²) in [4.78, 5) is 23.1. The maximum Gasteiger partial charge on any atom is 0.276 e. The predicted molar refractivity (Wildman–Crippen MR) is 131 cm³/mol. The highest BCUT2D eigenvalue weighted by atomic mass is 35.5. The maximum absolute atomic E-state index is 12.8. The van der Waals surface area contributed by atoms with E-state index in [4.69, 9.17) is 27.9 Å². The summed E-state index contributed by atoms with van der Waals surface area (Å²) in [5.41, 5.74) is 3.19. The molecule has 0 radical (unpaired) electrons. The average molecular weight is 515 g/mol. The van der Waals surface area contributed by atoms with Crippen LogP contribution in [0.15, 0.2) is 54.7 Å². The first-order valence-corrected chi connectivity index (χ1v) is 11.2. The summed E-state index contributed by atoms with van der Waals surface area (Å²) in [6.45, 7) is 4.20. The number of non-ortho nitro benzene ring substituents is 1. The molecule has 0 aliphatic rings. The number of hydrogen-bond acceptors (Lipinski definition) is 6. The minimum absolute atomic E-state index is 0.0398. The maximum atomic E-state index is 12.8. The Morgan fingerprint density at radius 2 is 1.86 bits per heavy atom. The van der Waals surface area contributed by atoms with Crippen molar-refractivity contribution in [1.82, 2.24) is 19.6 Å². The number of carbonyl (C=O) groups is 1. The highest BCUT2D eigenvalue weighted by Crippen LogP contribution is 2.29. The average Bonchev–Trinajstić information content (AvgIpc) is 3.40. The highest BCUT2D eigenvalue weighted by Gasteiger charge is 2.17. The van der Waals surface area contributed by atoms with E-state index < -0.39 is 10.8 Å². The third kappa shape index (κ3) is 5.61. The quantitative estimate of drug-likeness (QED) is 0.253. The van der Waals surface area contributed by atoms with E-state index in [0.717, 1.165) is 11.3 Å². The summed E-state index contributed by atoms with van der Waals surface area (Å²) < 4.78 is 8.79. The van der Waals surface area contributed by atoms with Crippen molar-refractivity contribution in [1.29, 1.82) is 0 Å². The van der Waals surface area contributed by atoms with Crippen LogP contribution in [-0.2, 0) is 13.3 Å². The first-order valence-electron chi connectivity index (χ1n) is 10.4. The van der Waals surface area contributed by atoms with E-state index in [1.165, 1.54) is 22.9 Å². The van der Waals surface area contributed by atoms with Crippen molar-refractivity contribution in [2.24, 2.45) is 0 Å². The van der Waals surface area contributed by atoms with Gasteiger partial charge in [-0.25, -0.2) is 4.68 Å². The summed E-state index contributed by atoms with van der Waals surface area (Å²) in [6.07, 6.45) is 1.58. The molecule has 4 rings (SSSR count). The van der Waals surface area contributed by atoms with Crippen LogP contribution < -0.4 is 10.1 Å². The Bertz CT molecular complexity index is 1400. The first-order chi connectivity index (χ1) is 16.7. The molecule has 0 saturated carbocycles. The number of nitrogens with zero attached hydrogens (tertiary/aromatic N) is 5. The van der Waals surface area contributed by atoms with Crippen LogP contribution in [0.25, 0.3) is 0 Å². The van der Waals surface area contributed by atoms with Crippen molar-refractivity contribution in [3.8, 4) is 5.75 Å². The fraction of sp³-hybridized carbons (Fsp3) is 0.174. The molecule has 0 atom stereocenters. The van der Waals surface area contributed by atoms with Gasteiger partial charge in [-0.1, -0.05) is 35.3 Å². The first kappa shape index (κ1) is 24.2. The van der Waals surface area contributed by atoms with Gasteiger partial charge in [0, 0.05) is 23.4 Å². The number of aryl methyl sites for hydroxylation is 1. The number of anilines is 1. The smallest absolute Gasteiger partial charge is 0.276 e. The van der Waals surface area contributed by atoms with Crippen LogP contribution in [0.1, 0.15) is 27.4 Å². The summed E-state index contributed by atoms with van der Waals surface area (Å²) in [5, 5.41) is 23.2. The fourth-order valence-electron chi connectivity index (χ4n) is 3.38. The van der Waals surface area contributed by atoms with Gasteiger partial charge in [0.1, 0.15) is 5.75 Å². The van der Waals surface area contributed by atoms with Gasteiger partial charge in [-0.3, -0.25) is 19.6 Å². The van der Waals surface area contributed by atoms with Gasteiger partial charge in [0.05, 0.1) is 33.6 Å². The number of amides is 1. The Morgan fingerprint density at radius 3 is 2.54 bits per heavy atom. The fourth-order valence-corrected chi connectivity index (χ4v) is 3.74. The van der Waals surface area contributed by atoms with Crippen LogP contribution >= 0.6 is 23.2 Å². The lowest BCUT2D eigenvalue weighted by Crippen LogP contribution is -2.15. The number of nitro groups is 1. The molecule has 35 heavy (non-hydrogen) atoms. The molecular formula is C23H20Cl2N6O4. The summed E-state index contributed by atoms with van der Waals surface area (Å²) in [6, 6.07) is 13.0. The summed E-state index contributed by atoms with van der Waals surface area (Å²) in [5.74, 6) is -0.132. The number of nitrogens with one attached hydrogen (secondary N) is 1. The van der Waals surface area contributed by atoms with Gasteiger partial charge in [-0.05, 0) is 43.7 Å². The minimum Gasteiger partial charge on any atom is -0.470 e. The van der Waals surface area contributed by atoms with Gasteiger partial charge in [0.2, 0.25) is 0 Å². The number of halogens is 2. The molecule has 2 aromatic heterocycles. The third-order valence-corrected chi connectivity index (χ3v) is 5.76. The number of nitro benzene ring substituents is 1. The molecule has 0 saturated heterocycles. The lowest BCUT2D eigenvalue weighted by Gasteiger charge is -2.08. The van der Waals surface area contributed by atoms with Gasteiger partial charge >= 0.3 is 0 Å². The van der Waals surface area contributed by atoms with E-state index in [9.17, 15) is 14.9 Å². The Kier molecular flexibility index (Phi) is 7.04. The highest BCUT2D eigenvalue weighted by molar-refractivity contribution is 6.32. The topological polar surface area (TPSA) is 117 Å².